The van der Waals surface area contributed by atoms with Gasteiger partial charge < -0.3 is 15.4 Å². The SMILES string of the molecule is COC(=O)c1cccc(NC(=O)CCCNC(C)C)c1C. The first-order valence-electron chi connectivity index (χ1n) is 7.17. The van der Waals surface area contributed by atoms with Crippen molar-refractivity contribution in [3.8, 4) is 0 Å². The average molecular weight is 292 g/mol. The normalized spacial score (nSPS) is 10.5. The van der Waals surface area contributed by atoms with E-state index in [4.69, 9.17) is 4.74 Å². The van der Waals surface area contributed by atoms with Gasteiger partial charge in [0.1, 0.15) is 0 Å². The molecule has 0 spiro atoms. The van der Waals surface area contributed by atoms with Gasteiger partial charge in [0, 0.05) is 18.2 Å². The lowest BCUT2D eigenvalue weighted by atomic mass is 10.1. The molecule has 1 aromatic carbocycles. The molecule has 116 valence electrons. The van der Waals surface area contributed by atoms with Crippen LogP contribution in [0, 0.1) is 6.92 Å². The van der Waals surface area contributed by atoms with Gasteiger partial charge in [0.15, 0.2) is 0 Å². The predicted molar refractivity (Wildman–Crippen MR) is 83.5 cm³/mol. The molecule has 1 amide bonds. The number of amides is 1. The number of nitrogens with one attached hydrogen (secondary N) is 2. The van der Waals surface area contributed by atoms with Crippen LogP contribution < -0.4 is 10.6 Å². The fourth-order valence-electron chi connectivity index (χ4n) is 1.95. The van der Waals surface area contributed by atoms with E-state index < -0.39 is 5.97 Å². The molecule has 0 aliphatic rings. The van der Waals surface area contributed by atoms with Crippen LogP contribution in [-0.4, -0.2) is 31.6 Å². The fraction of sp³-hybridized carbons (Fsp3) is 0.500. The Hall–Kier alpha value is -1.88. The molecule has 0 unspecified atom stereocenters. The van der Waals surface area contributed by atoms with Gasteiger partial charge in [-0.05, 0) is 37.6 Å². The number of hydrogen-bond acceptors (Lipinski definition) is 4. The molecule has 0 bridgehead atoms. The van der Waals surface area contributed by atoms with Crippen LogP contribution in [0.5, 0.6) is 0 Å². The number of methoxy groups -OCH3 is 1. The van der Waals surface area contributed by atoms with Crippen LogP contribution in [0.4, 0.5) is 5.69 Å². The Bertz CT molecular complexity index is 498. The van der Waals surface area contributed by atoms with Crippen molar-refractivity contribution in [2.75, 3.05) is 19.0 Å². The topological polar surface area (TPSA) is 67.4 Å². The van der Waals surface area contributed by atoms with E-state index in [1.54, 1.807) is 25.1 Å². The molecule has 5 nitrogen and oxygen atoms in total. The van der Waals surface area contributed by atoms with E-state index in [2.05, 4.69) is 24.5 Å². The molecular formula is C16H24N2O3. The second-order valence-corrected chi connectivity index (χ2v) is 5.23. The van der Waals surface area contributed by atoms with Crippen molar-refractivity contribution in [2.45, 2.75) is 39.7 Å². The van der Waals surface area contributed by atoms with Gasteiger partial charge >= 0.3 is 5.97 Å². The Balaban J connectivity index is 2.58. The molecule has 5 heteroatoms. The Morgan fingerprint density at radius 1 is 1.29 bits per heavy atom. The van der Waals surface area contributed by atoms with Crippen molar-refractivity contribution in [2.24, 2.45) is 0 Å². The molecule has 21 heavy (non-hydrogen) atoms. The largest absolute Gasteiger partial charge is 0.465 e. The van der Waals surface area contributed by atoms with Crippen molar-refractivity contribution >= 4 is 17.6 Å². The minimum absolute atomic E-state index is 0.0503. The van der Waals surface area contributed by atoms with Gasteiger partial charge in [-0.2, -0.15) is 0 Å². The molecule has 0 aliphatic heterocycles. The average Bonchev–Trinajstić information content (AvgIpc) is 2.45. The predicted octanol–water partition coefficient (Wildman–Crippen LogP) is 2.50. The lowest BCUT2D eigenvalue weighted by molar-refractivity contribution is -0.116. The summed E-state index contributed by atoms with van der Waals surface area (Å²) in [4.78, 5) is 23.5. The molecule has 0 radical (unpaired) electrons. The highest BCUT2D eigenvalue weighted by Gasteiger charge is 2.13. The number of anilines is 1. The highest BCUT2D eigenvalue weighted by atomic mass is 16.5. The van der Waals surface area contributed by atoms with Crippen LogP contribution in [0.1, 0.15) is 42.6 Å². The molecule has 0 fully saturated rings. The van der Waals surface area contributed by atoms with E-state index in [9.17, 15) is 9.59 Å². The Kier molecular flexibility index (Phi) is 6.88. The summed E-state index contributed by atoms with van der Waals surface area (Å²) in [5.41, 5.74) is 1.84. The van der Waals surface area contributed by atoms with Crippen LogP contribution in [0.2, 0.25) is 0 Å². The third-order valence-corrected chi connectivity index (χ3v) is 3.15. The van der Waals surface area contributed by atoms with Crippen molar-refractivity contribution in [1.82, 2.24) is 5.32 Å². The number of esters is 1. The molecular weight excluding hydrogens is 268 g/mol. The number of carbonyl (C=O) groups is 2. The second kappa shape index (κ2) is 8.42. The van der Waals surface area contributed by atoms with Crippen molar-refractivity contribution in [3.05, 3.63) is 29.3 Å². The monoisotopic (exact) mass is 292 g/mol. The van der Waals surface area contributed by atoms with E-state index in [1.807, 2.05) is 0 Å². The molecule has 0 aromatic heterocycles. The highest BCUT2D eigenvalue weighted by molar-refractivity contribution is 5.96. The van der Waals surface area contributed by atoms with E-state index >= 15 is 0 Å². The van der Waals surface area contributed by atoms with E-state index in [0.29, 0.717) is 23.7 Å². The first-order valence-corrected chi connectivity index (χ1v) is 7.17. The highest BCUT2D eigenvalue weighted by Crippen LogP contribution is 2.19. The van der Waals surface area contributed by atoms with Crippen molar-refractivity contribution < 1.29 is 14.3 Å². The summed E-state index contributed by atoms with van der Waals surface area (Å²) in [7, 11) is 1.34. The number of benzene rings is 1. The summed E-state index contributed by atoms with van der Waals surface area (Å²) < 4.78 is 4.72. The minimum Gasteiger partial charge on any atom is -0.465 e. The van der Waals surface area contributed by atoms with Crippen LogP contribution >= 0.6 is 0 Å². The molecule has 0 heterocycles. The summed E-state index contributed by atoms with van der Waals surface area (Å²) in [6.07, 6.45) is 1.22. The van der Waals surface area contributed by atoms with E-state index in [1.165, 1.54) is 7.11 Å². The third-order valence-electron chi connectivity index (χ3n) is 3.15. The maximum absolute atomic E-state index is 11.9. The first-order chi connectivity index (χ1) is 9.95. The summed E-state index contributed by atoms with van der Waals surface area (Å²) in [6.45, 7) is 6.75. The van der Waals surface area contributed by atoms with Gasteiger partial charge in [0.25, 0.3) is 0 Å². The fourth-order valence-corrected chi connectivity index (χ4v) is 1.95. The van der Waals surface area contributed by atoms with Gasteiger partial charge in [0.05, 0.1) is 12.7 Å². The van der Waals surface area contributed by atoms with Gasteiger partial charge in [0.2, 0.25) is 5.91 Å². The Labute approximate surface area is 126 Å². The van der Waals surface area contributed by atoms with Gasteiger partial charge in [-0.25, -0.2) is 4.79 Å². The number of hydrogen-bond donors (Lipinski definition) is 2. The molecule has 2 N–H and O–H groups in total. The first kappa shape index (κ1) is 17.2. The summed E-state index contributed by atoms with van der Waals surface area (Å²) in [5, 5.41) is 6.11. The second-order valence-electron chi connectivity index (χ2n) is 5.23. The standard InChI is InChI=1S/C16H24N2O3/c1-11(2)17-10-6-9-15(19)18-14-8-5-7-13(12(14)3)16(20)21-4/h5,7-8,11,17H,6,9-10H2,1-4H3,(H,18,19). The third kappa shape index (κ3) is 5.55. The van der Waals surface area contributed by atoms with Crippen molar-refractivity contribution in [1.29, 1.82) is 0 Å². The lowest BCUT2D eigenvalue weighted by Gasteiger charge is -2.12. The molecule has 0 saturated carbocycles. The molecule has 1 aromatic rings. The van der Waals surface area contributed by atoms with Gasteiger partial charge in [-0.1, -0.05) is 19.9 Å². The quantitative estimate of drug-likeness (QED) is 0.598. The smallest absolute Gasteiger partial charge is 0.338 e. The van der Waals surface area contributed by atoms with Crippen LogP contribution in [0.25, 0.3) is 0 Å². The maximum atomic E-state index is 11.9. The molecule has 1 rings (SSSR count). The van der Waals surface area contributed by atoms with Crippen molar-refractivity contribution in [3.63, 3.8) is 0 Å². The summed E-state index contributed by atoms with van der Waals surface area (Å²) in [5.74, 6) is -0.449. The van der Waals surface area contributed by atoms with Crippen LogP contribution in [0.15, 0.2) is 18.2 Å². The zero-order valence-electron chi connectivity index (χ0n) is 13.2. The number of ether oxygens (including phenoxy) is 1. The summed E-state index contributed by atoms with van der Waals surface area (Å²) >= 11 is 0. The van der Waals surface area contributed by atoms with E-state index in [-0.39, 0.29) is 5.91 Å². The Morgan fingerprint density at radius 3 is 2.62 bits per heavy atom. The van der Waals surface area contributed by atoms with Crippen LogP contribution in [0.3, 0.4) is 0 Å². The molecule has 0 saturated heterocycles. The Morgan fingerprint density at radius 2 is 2.00 bits per heavy atom. The zero-order valence-corrected chi connectivity index (χ0v) is 13.2. The molecule has 0 aliphatic carbocycles. The summed E-state index contributed by atoms with van der Waals surface area (Å²) in [6, 6.07) is 5.62. The maximum Gasteiger partial charge on any atom is 0.338 e. The van der Waals surface area contributed by atoms with Gasteiger partial charge in [-0.3, -0.25) is 4.79 Å². The minimum atomic E-state index is -0.398. The number of carbonyl (C=O) groups excluding carboxylic acids is 2. The van der Waals surface area contributed by atoms with E-state index in [0.717, 1.165) is 18.5 Å². The molecule has 0 atom stereocenters. The van der Waals surface area contributed by atoms with Gasteiger partial charge in [-0.15, -0.1) is 0 Å². The lowest BCUT2D eigenvalue weighted by Crippen LogP contribution is -2.24. The number of rotatable bonds is 7. The zero-order chi connectivity index (χ0) is 15.8. The van der Waals surface area contributed by atoms with Crippen LogP contribution in [-0.2, 0) is 9.53 Å².